The minimum atomic E-state index is -0.165. The summed E-state index contributed by atoms with van der Waals surface area (Å²) in [6.07, 6.45) is 2.56. The molecule has 5 nitrogen and oxygen atoms in total. The predicted molar refractivity (Wildman–Crippen MR) is 113 cm³/mol. The van der Waals surface area contributed by atoms with Crippen molar-refractivity contribution >= 4 is 27.5 Å². The van der Waals surface area contributed by atoms with Crippen molar-refractivity contribution < 1.29 is 9.53 Å². The maximum absolute atomic E-state index is 11.2. The molecule has 6 heteroatoms. The highest BCUT2D eigenvalue weighted by molar-refractivity contribution is 7.18. The van der Waals surface area contributed by atoms with E-state index >= 15 is 0 Å². The zero-order valence-corrected chi connectivity index (χ0v) is 16.7. The van der Waals surface area contributed by atoms with Crippen LogP contribution in [0.3, 0.4) is 0 Å². The van der Waals surface area contributed by atoms with E-state index < -0.39 is 0 Å². The van der Waals surface area contributed by atoms with Crippen LogP contribution in [0.2, 0.25) is 0 Å². The Kier molecular flexibility index (Phi) is 5.88. The first-order valence-corrected chi connectivity index (χ1v) is 10.6. The van der Waals surface area contributed by atoms with E-state index in [0.29, 0.717) is 6.61 Å². The van der Waals surface area contributed by atoms with Gasteiger partial charge in [0.15, 0.2) is 0 Å². The maximum atomic E-state index is 11.2. The Bertz CT molecular complexity index is 897. The van der Waals surface area contributed by atoms with Gasteiger partial charge in [-0.25, -0.2) is 4.98 Å². The number of para-hydroxylation sites is 1. The predicted octanol–water partition coefficient (Wildman–Crippen LogP) is 3.46. The number of piperidine rings is 1. The lowest BCUT2D eigenvalue weighted by Gasteiger charge is -2.30. The highest BCUT2D eigenvalue weighted by Gasteiger charge is 2.22. The minimum Gasteiger partial charge on any atom is -0.492 e. The number of amides is 1. The summed E-state index contributed by atoms with van der Waals surface area (Å²) in [6, 6.07) is 16.5. The average molecular weight is 396 g/mol. The number of rotatable bonds is 7. The average Bonchev–Trinajstić information content (AvgIpc) is 3.12. The molecule has 1 aliphatic heterocycles. The standard InChI is InChI=1S/C22H25N3O2S/c23-22(26)17-9-11-25(12-10-17)13-14-27-18-7-5-16(6-8-18)15-21-24-19-3-1-2-4-20(19)28-21/h1-8,17H,9-15H2,(H2,23,26). The zero-order valence-electron chi connectivity index (χ0n) is 15.8. The molecule has 0 atom stereocenters. The third kappa shape index (κ3) is 4.69. The first-order valence-electron chi connectivity index (χ1n) is 9.75. The molecule has 0 unspecified atom stereocenters. The molecule has 0 radical (unpaired) electrons. The summed E-state index contributed by atoms with van der Waals surface area (Å²) in [5, 5.41) is 1.13. The molecule has 0 bridgehead atoms. The van der Waals surface area contributed by atoms with Crippen LogP contribution in [0, 0.1) is 5.92 Å². The van der Waals surface area contributed by atoms with Crippen LogP contribution < -0.4 is 10.5 Å². The summed E-state index contributed by atoms with van der Waals surface area (Å²) in [4.78, 5) is 18.3. The monoisotopic (exact) mass is 395 g/mol. The number of benzene rings is 2. The highest BCUT2D eigenvalue weighted by Crippen LogP contribution is 2.24. The molecule has 1 aliphatic rings. The minimum absolute atomic E-state index is 0.0418. The number of hydrogen-bond acceptors (Lipinski definition) is 5. The summed E-state index contributed by atoms with van der Waals surface area (Å²) >= 11 is 1.75. The molecule has 1 amide bonds. The molecular formula is C22H25N3O2S. The van der Waals surface area contributed by atoms with E-state index in [9.17, 15) is 4.79 Å². The lowest BCUT2D eigenvalue weighted by Crippen LogP contribution is -2.40. The van der Waals surface area contributed by atoms with E-state index in [1.807, 2.05) is 18.2 Å². The molecule has 2 N–H and O–H groups in total. The Labute approximate surface area is 169 Å². The fourth-order valence-corrected chi connectivity index (χ4v) is 4.61. The number of thiazole rings is 1. The number of fused-ring (bicyclic) bond motifs is 1. The summed E-state index contributed by atoms with van der Waals surface area (Å²) in [7, 11) is 0. The molecule has 0 aliphatic carbocycles. The third-order valence-corrected chi connectivity index (χ3v) is 6.32. The Morgan fingerprint density at radius 3 is 2.61 bits per heavy atom. The van der Waals surface area contributed by atoms with Crippen molar-refractivity contribution in [1.82, 2.24) is 9.88 Å². The van der Waals surface area contributed by atoms with Crippen LogP contribution in [0.4, 0.5) is 0 Å². The van der Waals surface area contributed by atoms with Gasteiger partial charge >= 0.3 is 0 Å². The number of aromatic nitrogens is 1. The lowest BCUT2D eigenvalue weighted by atomic mass is 9.96. The topological polar surface area (TPSA) is 68.5 Å². The van der Waals surface area contributed by atoms with Gasteiger partial charge in [0.05, 0.1) is 15.2 Å². The van der Waals surface area contributed by atoms with Crippen LogP contribution >= 0.6 is 11.3 Å². The van der Waals surface area contributed by atoms with E-state index in [4.69, 9.17) is 15.5 Å². The number of nitrogens with two attached hydrogens (primary N) is 1. The smallest absolute Gasteiger partial charge is 0.220 e. The molecule has 2 heterocycles. The van der Waals surface area contributed by atoms with Crippen molar-refractivity contribution in [3.8, 4) is 5.75 Å². The molecule has 4 rings (SSSR count). The van der Waals surface area contributed by atoms with Crippen LogP contribution in [0.1, 0.15) is 23.4 Å². The van der Waals surface area contributed by atoms with E-state index in [1.54, 1.807) is 11.3 Å². The lowest BCUT2D eigenvalue weighted by molar-refractivity contribution is -0.123. The van der Waals surface area contributed by atoms with Crippen LogP contribution in [0.15, 0.2) is 48.5 Å². The SMILES string of the molecule is NC(=O)C1CCN(CCOc2ccc(Cc3nc4ccccc4s3)cc2)CC1. The van der Waals surface area contributed by atoms with Crippen LogP contribution in [-0.2, 0) is 11.2 Å². The molecule has 0 spiro atoms. The first kappa shape index (κ1) is 18.9. The summed E-state index contributed by atoms with van der Waals surface area (Å²) in [5.41, 5.74) is 7.69. The van der Waals surface area contributed by atoms with Gasteiger partial charge in [0.1, 0.15) is 12.4 Å². The van der Waals surface area contributed by atoms with E-state index in [1.165, 1.54) is 10.3 Å². The first-order chi connectivity index (χ1) is 13.7. The molecule has 1 aromatic heterocycles. The van der Waals surface area contributed by atoms with Crippen molar-refractivity contribution in [2.24, 2.45) is 11.7 Å². The zero-order chi connectivity index (χ0) is 19.3. The fourth-order valence-electron chi connectivity index (χ4n) is 3.61. The second-order valence-electron chi connectivity index (χ2n) is 7.26. The number of carbonyl (C=O) groups excluding carboxylic acids is 1. The van der Waals surface area contributed by atoms with Crippen molar-refractivity contribution in [1.29, 1.82) is 0 Å². The van der Waals surface area contributed by atoms with Crippen molar-refractivity contribution in [2.45, 2.75) is 19.3 Å². The van der Waals surface area contributed by atoms with Gasteiger partial charge in [-0.2, -0.15) is 0 Å². The van der Waals surface area contributed by atoms with Gasteiger partial charge in [-0.3, -0.25) is 9.69 Å². The highest BCUT2D eigenvalue weighted by atomic mass is 32.1. The van der Waals surface area contributed by atoms with Crippen LogP contribution in [0.25, 0.3) is 10.2 Å². The van der Waals surface area contributed by atoms with Crippen LogP contribution in [0.5, 0.6) is 5.75 Å². The third-order valence-electron chi connectivity index (χ3n) is 5.28. The Morgan fingerprint density at radius 2 is 1.89 bits per heavy atom. The van der Waals surface area contributed by atoms with Gasteiger partial charge in [-0.05, 0) is 55.8 Å². The number of primary amides is 1. The van der Waals surface area contributed by atoms with E-state index in [-0.39, 0.29) is 11.8 Å². The molecule has 1 fully saturated rings. The molecule has 1 saturated heterocycles. The molecule has 146 valence electrons. The van der Waals surface area contributed by atoms with Crippen molar-refractivity contribution in [3.05, 3.63) is 59.1 Å². The molecule has 28 heavy (non-hydrogen) atoms. The van der Waals surface area contributed by atoms with E-state index in [2.05, 4.69) is 35.2 Å². The van der Waals surface area contributed by atoms with Crippen molar-refractivity contribution in [3.63, 3.8) is 0 Å². The molecule has 0 saturated carbocycles. The van der Waals surface area contributed by atoms with Gasteiger partial charge in [0, 0.05) is 18.9 Å². The number of hydrogen-bond donors (Lipinski definition) is 1. The second-order valence-corrected chi connectivity index (χ2v) is 8.38. The number of ether oxygens (including phenoxy) is 1. The van der Waals surface area contributed by atoms with Gasteiger partial charge in [-0.1, -0.05) is 24.3 Å². The largest absolute Gasteiger partial charge is 0.492 e. The van der Waals surface area contributed by atoms with Crippen molar-refractivity contribution in [2.75, 3.05) is 26.2 Å². The van der Waals surface area contributed by atoms with Crippen LogP contribution in [-0.4, -0.2) is 42.0 Å². The fraction of sp³-hybridized carbons (Fsp3) is 0.364. The van der Waals surface area contributed by atoms with Gasteiger partial charge in [0.25, 0.3) is 0 Å². The molecular weight excluding hydrogens is 370 g/mol. The van der Waals surface area contributed by atoms with E-state index in [0.717, 1.165) is 55.2 Å². The summed E-state index contributed by atoms with van der Waals surface area (Å²) < 4.78 is 7.12. The summed E-state index contributed by atoms with van der Waals surface area (Å²) in [5.74, 6) is 0.766. The van der Waals surface area contributed by atoms with Gasteiger partial charge in [-0.15, -0.1) is 11.3 Å². The maximum Gasteiger partial charge on any atom is 0.220 e. The molecule has 3 aromatic rings. The summed E-state index contributed by atoms with van der Waals surface area (Å²) in [6.45, 7) is 3.35. The normalized spacial score (nSPS) is 15.7. The van der Waals surface area contributed by atoms with Gasteiger partial charge < -0.3 is 10.5 Å². The number of likely N-dealkylation sites (tertiary alicyclic amines) is 1. The Hall–Kier alpha value is -2.44. The Morgan fingerprint density at radius 1 is 1.14 bits per heavy atom. The quantitative estimate of drug-likeness (QED) is 0.665. The number of nitrogens with zero attached hydrogens (tertiary/aromatic N) is 2. The second kappa shape index (κ2) is 8.71. The number of carbonyl (C=O) groups is 1. The molecule has 2 aromatic carbocycles. The Balaban J connectivity index is 1.24. The van der Waals surface area contributed by atoms with Gasteiger partial charge in [0.2, 0.25) is 5.91 Å².